The summed E-state index contributed by atoms with van der Waals surface area (Å²) in [5.74, 6) is 2.67. The number of benzene rings is 1. The number of fused-ring (bicyclic) bond motifs is 1. The SMILES string of the molecule is c1cc2c(cc1-c1ccc(SCC[NH+]3CCCCC3)nn1)OCO2. The van der Waals surface area contributed by atoms with Crippen molar-refractivity contribution in [2.75, 3.05) is 32.2 Å². The molecular formula is C18H22N3O2S+. The van der Waals surface area contributed by atoms with Crippen molar-refractivity contribution < 1.29 is 14.4 Å². The highest BCUT2D eigenvalue weighted by molar-refractivity contribution is 7.99. The molecule has 1 N–H and O–H groups in total. The number of hydrogen-bond acceptors (Lipinski definition) is 5. The Labute approximate surface area is 146 Å². The van der Waals surface area contributed by atoms with E-state index in [1.54, 1.807) is 16.7 Å². The summed E-state index contributed by atoms with van der Waals surface area (Å²) in [6.45, 7) is 4.17. The molecule has 126 valence electrons. The van der Waals surface area contributed by atoms with Gasteiger partial charge in [-0.15, -0.1) is 10.2 Å². The number of nitrogens with one attached hydrogen (secondary N) is 1. The van der Waals surface area contributed by atoms with Crippen LogP contribution in [-0.4, -0.2) is 42.4 Å². The second kappa shape index (κ2) is 7.40. The monoisotopic (exact) mass is 344 g/mol. The van der Waals surface area contributed by atoms with Crippen LogP contribution < -0.4 is 14.4 Å². The van der Waals surface area contributed by atoms with Gasteiger partial charge in [0.15, 0.2) is 11.5 Å². The predicted molar refractivity (Wildman–Crippen MR) is 93.7 cm³/mol. The number of likely N-dealkylation sites (tertiary alicyclic amines) is 1. The molecule has 2 aliphatic heterocycles. The Morgan fingerprint density at radius 1 is 0.958 bits per heavy atom. The minimum Gasteiger partial charge on any atom is -0.454 e. The van der Waals surface area contributed by atoms with E-state index in [1.807, 2.05) is 24.3 Å². The van der Waals surface area contributed by atoms with Crippen molar-refractivity contribution in [3.05, 3.63) is 30.3 Å². The van der Waals surface area contributed by atoms with Gasteiger partial charge in [-0.3, -0.25) is 0 Å². The van der Waals surface area contributed by atoms with Crippen molar-refractivity contribution in [3.63, 3.8) is 0 Å². The molecular weight excluding hydrogens is 322 g/mol. The first-order valence-corrected chi connectivity index (χ1v) is 9.57. The Bertz CT molecular complexity index is 687. The van der Waals surface area contributed by atoms with Crippen LogP contribution in [0.5, 0.6) is 11.5 Å². The molecule has 24 heavy (non-hydrogen) atoms. The number of nitrogens with zero attached hydrogens (tertiary/aromatic N) is 2. The van der Waals surface area contributed by atoms with Gasteiger partial charge in [-0.2, -0.15) is 0 Å². The van der Waals surface area contributed by atoms with E-state index in [4.69, 9.17) is 9.47 Å². The van der Waals surface area contributed by atoms with Gasteiger partial charge in [0.2, 0.25) is 6.79 Å². The topological polar surface area (TPSA) is 48.7 Å². The first kappa shape index (κ1) is 15.7. The average molecular weight is 344 g/mol. The molecule has 2 aromatic rings. The fraction of sp³-hybridized carbons (Fsp3) is 0.444. The van der Waals surface area contributed by atoms with E-state index in [9.17, 15) is 0 Å². The highest BCUT2D eigenvalue weighted by Gasteiger charge is 2.15. The second-order valence-corrected chi connectivity index (χ2v) is 7.35. The van der Waals surface area contributed by atoms with Crippen LogP contribution in [0.1, 0.15) is 19.3 Å². The van der Waals surface area contributed by atoms with Crippen LogP contribution in [0.3, 0.4) is 0 Å². The third-order valence-corrected chi connectivity index (χ3v) is 5.50. The molecule has 0 saturated carbocycles. The maximum absolute atomic E-state index is 5.42. The van der Waals surface area contributed by atoms with Gasteiger partial charge in [0, 0.05) is 11.3 Å². The Morgan fingerprint density at radius 2 is 1.83 bits per heavy atom. The lowest BCUT2D eigenvalue weighted by molar-refractivity contribution is -0.902. The zero-order valence-electron chi connectivity index (χ0n) is 13.7. The molecule has 0 unspecified atom stereocenters. The summed E-state index contributed by atoms with van der Waals surface area (Å²) in [5.41, 5.74) is 1.86. The summed E-state index contributed by atoms with van der Waals surface area (Å²) in [5, 5.41) is 9.72. The van der Waals surface area contributed by atoms with Gasteiger partial charge in [-0.05, 0) is 49.6 Å². The molecule has 1 aromatic carbocycles. The fourth-order valence-electron chi connectivity index (χ4n) is 3.21. The van der Waals surface area contributed by atoms with Crippen molar-refractivity contribution in [1.29, 1.82) is 0 Å². The molecule has 1 aromatic heterocycles. The molecule has 5 nitrogen and oxygen atoms in total. The quantitative estimate of drug-likeness (QED) is 0.841. The predicted octanol–water partition coefficient (Wildman–Crippen LogP) is 2.03. The molecule has 0 atom stereocenters. The smallest absolute Gasteiger partial charge is 0.231 e. The highest BCUT2D eigenvalue weighted by Crippen LogP contribution is 2.35. The van der Waals surface area contributed by atoms with E-state index < -0.39 is 0 Å². The van der Waals surface area contributed by atoms with Gasteiger partial charge < -0.3 is 14.4 Å². The highest BCUT2D eigenvalue weighted by atomic mass is 32.2. The average Bonchev–Trinajstić information content (AvgIpc) is 3.11. The largest absolute Gasteiger partial charge is 0.454 e. The number of hydrogen-bond donors (Lipinski definition) is 1. The summed E-state index contributed by atoms with van der Waals surface area (Å²) in [6, 6.07) is 9.95. The molecule has 4 rings (SSSR count). The molecule has 0 radical (unpaired) electrons. The van der Waals surface area contributed by atoms with Crippen LogP contribution >= 0.6 is 11.8 Å². The summed E-state index contributed by atoms with van der Waals surface area (Å²) >= 11 is 1.80. The molecule has 0 amide bonds. The zero-order chi connectivity index (χ0) is 16.2. The molecule has 1 saturated heterocycles. The van der Waals surface area contributed by atoms with Gasteiger partial charge in [-0.25, -0.2) is 0 Å². The van der Waals surface area contributed by atoms with Crippen LogP contribution in [0.2, 0.25) is 0 Å². The zero-order valence-corrected chi connectivity index (χ0v) is 14.5. The van der Waals surface area contributed by atoms with E-state index in [-0.39, 0.29) is 0 Å². The number of thioether (sulfide) groups is 1. The van der Waals surface area contributed by atoms with Crippen molar-refractivity contribution >= 4 is 11.8 Å². The fourth-order valence-corrected chi connectivity index (χ4v) is 4.07. The molecule has 6 heteroatoms. The van der Waals surface area contributed by atoms with Crippen LogP contribution in [0.25, 0.3) is 11.3 Å². The standard InChI is InChI=1S/C18H21N3O2S/c1-2-8-21(9-3-1)10-11-24-18-7-5-15(19-20-18)14-4-6-16-17(12-14)23-13-22-16/h4-7,12H,1-3,8-11,13H2/p+1. The summed E-state index contributed by atoms with van der Waals surface area (Å²) in [4.78, 5) is 1.73. The minimum absolute atomic E-state index is 0.291. The van der Waals surface area contributed by atoms with Crippen molar-refractivity contribution in [2.45, 2.75) is 24.3 Å². The molecule has 3 heterocycles. The Hall–Kier alpha value is -1.79. The summed E-state index contributed by atoms with van der Waals surface area (Å²) in [6.07, 6.45) is 4.16. The van der Waals surface area contributed by atoms with Gasteiger partial charge >= 0.3 is 0 Å². The normalized spacial score (nSPS) is 17.2. The lowest BCUT2D eigenvalue weighted by atomic mass is 10.1. The van der Waals surface area contributed by atoms with Crippen LogP contribution in [0.15, 0.2) is 35.4 Å². The Morgan fingerprint density at radius 3 is 2.67 bits per heavy atom. The van der Waals surface area contributed by atoms with Gasteiger partial charge in [0.1, 0.15) is 5.03 Å². The Kier molecular flexibility index (Phi) is 4.85. The lowest BCUT2D eigenvalue weighted by Crippen LogP contribution is -3.13. The van der Waals surface area contributed by atoms with Gasteiger partial charge in [0.25, 0.3) is 0 Å². The van der Waals surface area contributed by atoms with Crippen LogP contribution in [-0.2, 0) is 0 Å². The van der Waals surface area contributed by atoms with E-state index >= 15 is 0 Å². The minimum atomic E-state index is 0.291. The number of quaternary nitrogens is 1. The maximum Gasteiger partial charge on any atom is 0.231 e. The van der Waals surface area contributed by atoms with Crippen molar-refractivity contribution in [1.82, 2.24) is 10.2 Å². The molecule has 2 aliphatic rings. The first-order chi connectivity index (χ1) is 11.9. The third kappa shape index (κ3) is 3.65. The third-order valence-electron chi connectivity index (χ3n) is 4.57. The molecule has 0 bridgehead atoms. The number of piperidine rings is 1. The molecule has 1 fully saturated rings. The summed E-state index contributed by atoms with van der Waals surface area (Å²) < 4.78 is 10.8. The number of aromatic nitrogens is 2. The maximum atomic E-state index is 5.42. The first-order valence-electron chi connectivity index (χ1n) is 8.58. The van der Waals surface area contributed by atoms with Gasteiger partial charge in [0.05, 0.1) is 25.3 Å². The number of rotatable bonds is 5. The molecule has 0 spiro atoms. The van der Waals surface area contributed by atoms with E-state index in [1.165, 1.54) is 38.9 Å². The van der Waals surface area contributed by atoms with E-state index in [2.05, 4.69) is 16.3 Å². The molecule has 0 aliphatic carbocycles. The van der Waals surface area contributed by atoms with E-state index in [0.717, 1.165) is 33.5 Å². The van der Waals surface area contributed by atoms with Crippen LogP contribution in [0, 0.1) is 0 Å². The van der Waals surface area contributed by atoms with Crippen molar-refractivity contribution in [2.24, 2.45) is 0 Å². The Balaban J connectivity index is 1.34. The van der Waals surface area contributed by atoms with Gasteiger partial charge in [-0.1, -0.05) is 11.8 Å². The van der Waals surface area contributed by atoms with Crippen LogP contribution in [0.4, 0.5) is 0 Å². The number of ether oxygens (including phenoxy) is 2. The lowest BCUT2D eigenvalue weighted by Gasteiger charge is -2.23. The van der Waals surface area contributed by atoms with E-state index in [0.29, 0.717) is 6.79 Å². The summed E-state index contributed by atoms with van der Waals surface area (Å²) in [7, 11) is 0. The second-order valence-electron chi connectivity index (χ2n) is 6.23. The van der Waals surface area contributed by atoms with Crippen molar-refractivity contribution in [3.8, 4) is 22.8 Å².